The van der Waals surface area contributed by atoms with Gasteiger partial charge in [0, 0.05) is 0 Å². The van der Waals surface area contributed by atoms with Crippen LogP contribution >= 0.6 is 0 Å². The molecule has 0 amide bonds. The van der Waals surface area contributed by atoms with Crippen molar-refractivity contribution in [3.8, 4) is 0 Å². The average molecular weight is 113 g/mol. The van der Waals surface area contributed by atoms with E-state index in [0.29, 0.717) is 0 Å². The molecule has 0 atom stereocenters. The van der Waals surface area contributed by atoms with E-state index in [2.05, 4.69) is 17.3 Å². The molecule has 1 rings (SSSR count). The maximum absolute atomic E-state index is 9.80. The first-order valence-corrected chi connectivity index (χ1v) is 1.92. The molecule has 0 aromatic rings. The van der Waals surface area contributed by atoms with Crippen LogP contribution in [0.25, 0.3) is 0 Å². The van der Waals surface area contributed by atoms with Gasteiger partial charge in [-0.25, -0.2) is 5.32 Å². The summed E-state index contributed by atoms with van der Waals surface area (Å²) >= 11 is 0. The Morgan fingerprint density at radius 3 is 2.88 bits per heavy atom. The van der Waals surface area contributed by atoms with Crippen LogP contribution in [0.3, 0.4) is 0 Å². The van der Waals surface area contributed by atoms with E-state index in [1.54, 1.807) is 0 Å². The van der Waals surface area contributed by atoms with Crippen LogP contribution in [0.15, 0.2) is 12.0 Å². The normalized spacial score (nSPS) is 16.2. The van der Waals surface area contributed by atoms with E-state index in [1.165, 1.54) is 6.20 Å². The van der Waals surface area contributed by atoms with Crippen LogP contribution in [0.5, 0.6) is 0 Å². The van der Waals surface area contributed by atoms with E-state index in [-0.39, 0.29) is 5.82 Å². The largest absolute Gasteiger partial charge is 0.358 e. The van der Waals surface area contributed by atoms with Gasteiger partial charge < -0.3 is 15.4 Å². The van der Waals surface area contributed by atoms with Crippen molar-refractivity contribution in [2.75, 3.05) is 0 Å². The fourth-order valence-corrected chi connectivity index (χ4v) is 0.339. The molecule has 1 heterocycles. The Hall–Kier alpha value is -1.26. The van der Waals surface area contributed by atoms with Crippen LogP contribution in [0.1, 0.15) is 0 Å². The molecule has 1 aliphatic heterocycles. The van der Waals surface area contributed by atoms with E-state index in [1.807, 2.05) is 0 Å². The molecule has 0 aliphatic carbocycles. The van der Waals surface area contributed by atoms with Gasteiger partial charge in [-0.2, -0.15) is 0 Å². The molecule has 1 aliphatic rings. The lowest BCUT2D eigenvalue weighted by Gasteiger charge is -1.89. The van der Waals surface area contributed by atoms with E-state index in [4.69, 9.17) is 0 Å². The highest BCUT2D eigenvalue weighted by Crippen LogP contribution is 1.92. The molecule has 5 nitrogen and oxygen atoms in total. The number of nitro groups is 1. The Morgan fingerprint density at radius 1 is 1.88 bits per heavy atom. The Bertz CT molecular complexity index is 141. The van der Waals surface area contributed by atoms with Gasteiger partial charge in [-0.3, -0.25) is 0 Å². The third-order valence-electron chi connectivity index (χ3n) is 0.668. The molecule has 2 radical (unpaired) electrons. The zero-order chi connectivity index (χ0) is 5.98. The molecule has 0 saturated heterocycles. The lowest BCUT2D eigenvalue weighted by molar-refractivity contribution is -0.430. The van der Waals surface area contributed by atoms with Crippen molar-refractivity contribution in [3.63, 3.8) is 0 Å². The quantitative estimate of drug-likeness (QED) is 0.347. The standard InChI is InChI=1S/C3H3N3O2/c7-6(8)3-1-4-2-5-3/h1,4-5H. The molecule has 8 heavy (non-hydrogen) atoms. The highest BCUT2D eigenvalue weighted by Gasteiger charge is 2.13. The Labute approximate surface area is 45.5 Å². The molecule has 0 fully saturated rings. The zero-order valence-corrected chi connectivity index (χ0v) is 3.84. The highest BCUT2D eigenvalue weighted by molar-refractivity contribution is 4.97. The minimum atomic E-state index is -0.535. The fraction of sp³-hybridized carbons (Fsp3) is 0. The molecule has 0 aromatic carbocycles. The van der Waals surface area contributed by atoms with Crippen molar-refractivity contribution in [2.45, 2.75) is 0 Å². The van der Waals surface area contributed by atoms with Crippen molar-refractivity contribution in [3.05, 3.63) is 28.8 Å². The summed E-state index contributed by atoms with van der Waals surface area (Å²) in [6, 6.07) is 0. The molecule has 0 bridgehead atoms. The molecule has 0 saturated carbocycles. The maximum Gasteiger partial charge on any atom is 0.334 e. The molecule has 2 N–H and O–H groups in total. The van der Waals surface area contributed by atoms with Crippen molar-refractivity contribution in [1.82, 2.24) is 10.6 Å². The lowest BCUT2D eigenvalue weighted by atomic mass is 10.8. The fourth-order valence-electron chi connectivity index (χ4n) is 0.339. The monoisotopic (exact) mass is 113 g/mol. The summed E-state index contributed by atoms with van der Waals surface area (Å²) in [6.07, 6.45) is 1.22. The minimum Gasteiger partial charge on any atom is -0.358 e. The summed E-state index contributed by atoms with van der Waals surface area (Å²) in [5.74, 6) is -0.0787. The van der Waals surface area contributed by atoms with Gasteiger partial charge in [0.05, 0.1) is 6.20 Å². The van der Waals surface area contributed by atoms with Crippen LogP contribution in [0.4, 0.5) is 0 Å². The van der Waals surface area contributed by atoms with E-state index >= 15 is 0 Å². The first kappa shape index (κ1) is 4.89. The summed E-state index contributed by atoms with van der Waals surface area (Å²) in [7, 11) is 0. The van der Waals surface area contributed by atoms with Crippen molar-refractivity contribution < 1.29 is 4.92 Å². The number of hydrogen-bond acceptors (Lipinski definition) is 4. The lowest BCUT2D eigenvalue weighted by Crippen LogP contribution is -2.12. The second-order valence-electron chi connectivity index (χ2n) is 1.18. The minimum absolute atomic E-state index is 0.0787. The smallest absolute Gasteiger partial charge is 0.334 e. The van der Waals surface area contributed by atoms with Crippen LogP contribution < -0.4 is 10.6 Å². The molecular weight excluding hydrogens is 110 g/mol. The summed E-state index contributed by atoms with van der Waals surface area (Å²) in [5.41, 5.74) is 0. The topological polar surface area (TPSA) is 67.2 Å². The third-order valence-corrected chi connectivity index (χ3v) is 0.668. The van der Waals surface area contributed by atoms with Gasteiger partial charge in [0.2, 0.25) is 0 Å². The van der Waals surface area contributed by atoms with Gasteiger partial charge in [-0.05, 0) is 4.92 Å². The summed E-state index contributed by atoms with van der Waals surface area (Å²) in [5, 5.41) is 14.4. The predicted molar refractivity (Wildman–Crippen MR) is 24.6 cm³/mol. The summed E-state index contributed by atoms with van der Waals surface area (Å²) in [4.78, 5) is 9.26. The van der Waals surface area contributed by atoms with Crippen molar-refractivity contribution in [1.29, 1.82) is 0 Å². The number of nitrogens with zero attached hydrogens (tertiary/aromatic N) is 1. The molecule has 0 unspecified atom stereocenters. The number of hydrogen-bond donors (Lipinski definition) is 2. The first-order valence-electron chi connectivity index (χ1n) is 1.92. The molecule has 5 heteroatoms. The maximum atomic E-state index is 9.80. The third kappa shape index (κ3) is 0.699. The summed E-state index contributed by atoms with van der Waals surface area (Å²) < 4.78 is 0. The Balaban J connectivity index is 2.57. The number of rotatable bonds is 1. The van der Waals surface area contributed by atoms with Crippen molar-refractivity contribution >= 4 is 0 Å². The average Bonchev–Trinajstić information content (AvgIpc) is 2.12. The van der Waals surface area contributed by atoms with E-state index < -0.39 is 4.92 Å². The van der Waals surface area contributed by atoms with Crippen LogP contribution in [0.2, 0.25) is 0 Å². The second-order valence-corrected chi connectivity index (χ2v) is 1.18. The summed E-state index contributed by atoms with van der Waals surface area (Å²) in [6.45, 7) is 2.32. The second kappa shape index (κ2) is 1.69. The molecule has 0 aromatic heterocycles. The van der Waals surface area contributed by atoms with E-state index in [9.17, 15) is 10.1 Å². The SMILES string of the molecule is O=[N+]([O-])C1=CN[C]N1. The Kier molecular flexibility index (Phi) is 1.03. The van der Waals surface area contributed by atoms with Gasteiger partial charge in [-0.15, -0.1) is 0 Å². The van der Waals surface area contributed by atoms with Gasteiger partial charge in [0.25, 0.3) is 0 Å². The van der Waals surface area contributed by atoms with Crippen LogP contribution in [0, 0.1) is 16.8 Å². The first-order chi connectivity index (χ1) is 3.80. The van der Waals surface area contributed by atoms with Gasteiger partial charge in [0.15, 0.2) is 0 Å². The molecule has 0 spiro atoms. The molecular formula is C3H3N3O2. The molecule has 42 valence electrons. The van der Waals surface area contributed by atoms with Gasteiger partial charge in [-0.1, -0.05) is 0 Å². The van der Waals surface area contributed by atoms with Crippen LogP contribution in [-0.2, 0) is 0 Å². The Morgan fingerprint density at radius 2 is 2.62 bits per heavy atom. The van der Waals surface area contributed by atoms with E-state index in [0.717, 1.165) is 0 Å². The highest BCUT2D eigenvalue weighted by atomic mass is 16.6. The zero-order valence-electron chi connectivity index (χ0n) is 3.84. The van der Waals surface area contributed by atoms with Gasteiger partial charge >= 0.3 is 12.5 Å². The van der Waals surface area contributed by atoms with Crippen LogP contribution in [-0.4, -0.2) is 4.92 Å². The van der Waals surface area contributed by atoms with Crippen molar-refractivity contribution in [2.24, 2.45) is 0 Å². The predicted octanol–water partition coefficient (Wildman–Crippen LogP) is -0.749. The van der Waals surface area contributed by atoms with Gasteiger partial charge in [0.1, 0.15) is 0 Å². The number of nitrogens with one attached hydrogen (secondary N) is 2.